The molecule has 1 N–H and O–H groups in total. The van der Waals surface area contributed by atoms with E-state index in [1.807, 2.05) is 7.05 Å². The van der Waals surface area contributed by atoms with E-state index >= 15 is 0 Å². The highest BCUT2D eigenvalue weighted by Gasteiger charge is 2.59. The molecule has 3 aliphatic rings. The van der Waals surface area contributed by atoms with Gasteiger partial charge >= 0.3 is 0 Å². The Kier molecular flexibility index (Phi) is 4.70. The van der Waals surface area contributed by atoms with Crippen molar-refractivity contribution in [3.05, 3.63) is 35.4 Å². The zero-order chi connectivity index (χ0) is 18.3. The molecule has 0 aromatic heterocycles. The molecular formula is C21H31N3O2. The number of guanidine groups is 1. The van der Waals surface area contributed by atoms with Gasteiger partial charge in [0.1, 0.15) is 6.10 Å². The Bertz CT molecular complexity index is 688. The van der Waals surface area contributed by atoms with Crippen LogP contribution in [0.25, 0.3) is 0 Å². The lowest BCUT2D eigenvalue weighted by Gasteiger charge is -2.55. The lowest BCUT2D eigenvalue weighted by atomic mass is 9.57. The highest BCUT2D eigenvalue weighted by Crippen LogP contribution is 2.52. The Morgan fingerprint density at radius 3 is 2.81 bits per heavy atom. The predicted molar refractivity (Wildman–Crippen MR) is 103 cm³/mol. The minimum atomic E-state index is 0.0977. The Balaban J connectivity index is 1.46. The Hall–Kier alpha value is -1.59. The maximum absolute atomic E-state index is 6.08. The molecule has 4 rings (SSSR count). The van der Waals surface area contributed by atoms with Crippen LogP contribution in [0.4, 0.5) is 0 Å². The number of benzene rings is 1. The fourth-order valence-corrected chi connectivity index (χ4v) is 5.03. The smallest absolute Gasteiger partial charge is 0.194 e. The van der Waals surface area contributed by atoms with E-state index in [0.717, 1.165) is 38.7 Å². The second-order valence-electron chi connectivity index (χ2n) is 8.40. The Labute approximate surface area is 156 Å². The number of ether oxygens (including phenoxy) is 2. The van der Waals surface area contributed by atoms with Crippen LogP contribution in [0.15, 0.2) is 29.3 Å². The monoisotopic (exact) mass is 357 g/mol. The van der Waals surface area contributed by atoms with Crippen molar-refractivity contribution in [2.75, 3.05) is 33.4 Å². The number of fused-ring (bicyclic) bond motifs is 1. The molecule has 0 amide bonds. The average molecular weight is 357 g/mol. The molecule has 0 spiro atoms. The van der Waals surface area contributed by atoms with Crippen LogP contribution >= 0.6 is 0 Å². The lowest BCUT2D eigenvalue weighted by molar-refractivity contribution is -0.108. The van der Waals surface area contributed by atoms with Crippen molar-refractivity contribution in [2.45, 2.75) is 45.4 Å². The zero-order valence-corrected chi connectivity index (χ0v) is 16.4. The van der Waals surface area contributed by atoms with E-state index in [1.165, 1.54) is 11.1 Å². The second-order valence-corrected chi connectivity index (χ2v) is 8.40. The number of nitrogens with zero attached hydrogens (tertiary/aromatic N) is 2. The SMILES string of the molecule is CN=C(NC1C2CCOC2C1(C)C)N1CCOC(c2ccccc2C)C1. The first-order valence-electron chi connectivity index (χ1n) is 9.79. The summed E-state index contributed by atoms with van der Waals surface area (Å²) in [4.78, 5) is 6.95. The minimum Gasteiger partial charge on any atom is -0.377 e. The average Bonchev–Trinajstić information content (AvgIpc) is 3.10. The molecule has 5 nitrogen and oxygen atoms in total. The third kappa shape index (κ3) is 2.91. The summed E-state index contributed by atoms with van der Waals surface area (Å²) in [6.45, 7) is 10.1. The van der Waals surface area contributed by atoms with Gasteiger partial charge in [0, 0.05) is 37.6 Å². The number of rotatable bonds is 2. The van der Waals surface area contributed by atoms with Crippen LogP contribution in [0.2, 0.25) is 0 Å². The molecule has 2 saturated heterocycles. The number of hydrogen-bond donors (Lipinski definition) is 1. The van der Waals surface area contributed by atoms with E-state index in [0.29, 0.717) is 18.1 Å². The zero-order valence-electron chi connectivity index (χ0n) is 16.4. The van der Waals surface area contributed by atoms with Crippen molar-refractivity contribution in [2.24, 2.45) is 16.3 Å². The molecular weight excluding hydrogens is 326 g/mol. The number of hydrogen-bond acceptors (Lipinski definition) is 3. The van der Waals surface area contributed by atoms with E-state index in [-0.39, 0.29) is 11.5 Å². The summed E-state index contributed by atoms with van der Waals surface area (Å²) in [7, 11) is 1.88. The van der Waals surface area contributed by atoms with Crippen LogP contribution in [0.5, 0.6) is 0 Å². The molecule has 1 saturated carbocycles. The van der Waals surface area contributed by atoms with Crippen molar-refractivity contribution in [1.82, 2.24) is 10.2 Å². The van der Waals surface area contributed by atoms with Crippen LogP contribution < -0.4 is 5.32 Å². The Morgan fingerprint density at radius 2 is 2.04 bits per heavy atom. The van der Waals surface area contributed by atoms with Crippen molar-refractivity contribution in [3.63, 3.8) is 0 Å². The van der Waals surface area contributed by atoms with Crippen molar-refractivity contribution >= 4 is 5.96 Å². The lowest BCUT2D eigenvalue weighted by Crippen LogP contribution is -2.68. The van der Waals surface area contributed by atoms with Crippen LogP contribution in [0, 0.1) is 18.3 Å². The van der Waals surface area contributed by atoms with Gasteiger partial charge in [-0.05, 0) is 24.5 Å². The molecule has 2 heterocycles. The largest absolute Gasteiger partial charge is 0.377 e. The molecule has 5 heteroatoms. The van der Waals surface area contributed by atoms with Crippen molar-refractivity contribution in [1.29, 1.82) is 0 Å². The molecule has 2 aliphatic heterocycles. The van der Waals surface area contributed by atoms with Gasteiger partial charge in [-0.2, -0.15) is 0 Å². The van der Waals surface area contributed by atoms with E-state index < -0.39 is 0 Å². The maximum Gasteiger partial charge on any atom is 0.194 e. The number of aliphatic imine (C=N–C) groups is 1. The summed E-state index contributed by atoms with van der Waals surface area (Å²) in [6.07, 6.45) is 1.64. The highest BCUT2D eigenvalue weighted by molar-refractivity contribution is 5.80. The van der Waals surface area contributed by atoms with Gasteiger partial charge in [0.2, 0.25) is 0 Å². The molecule has 1 aromatic rings. The number of aryl methyl sites for hydroxylation is 1. The van der Waals surface area contributed by atoms with Crippen molar-refractivity contribution < 1.29 is 9.47 Å². The van der Waals surface area contributed by atoms with E-state index in [9.17, 15) is 0 Å². The highest BCUT2D eigenvalue weighted by atomic mass is 16.5. The molecule has 26 heavy (non-hydrogen) atoms. The van der Waals surface area contributed by atoms with Gasteiger partial charge in [0.15, 0.2) is 5.96 Å². The third-order valence-corrected chi connectivity index (χ3v) is 6.50. The summed E-state index contributed by atoms with van der Waals surface area (Å²) < 4.78 is 12.0. The summed E-state index contributed by atoms with van der Waals surface area (Å²) >= 11 is 0. The molecule has 1 aromatic carbocycles. The van der Waals surface area contributed by atoms with Gasteiger partial charge in [-0.15, -0.1) is 0 Å². The van der Waals surface area contributed by atoms with Gasteiger partial charge in [0.25, 0.3) is 0 Å². The molecule has 1 aliphatic carbocycles. The molecule has 0 bridgehead atoms. The standard InChI is InChI=1S/C21H31N3O2/c1-14-7-5-6-8-15(14)17-13-24(10-12-25-17)20(22-4)23-18-16-9-11-26-19(16)21(18,2)3/h5-8,16-19H,9-13H2,1-4H3,(H,22,23). The molecule has 0 radical (unpaired) electrons. The first-order chi connectivity index (χ1) is 12.5. The van der Waals surface area contributed by atoms with Gasteiger partial charge in [0.05, 0.1) is 19.3 Å². The predicted octanol–water partition coefficient (Wildman–Crippen LogP) is 2.76. The van der Waals surface area contributed by atoms with Crippen molar-refractivity contribution in [3.8, 4) is 0 Å². The normalized spacial score (nSPS) is 33.5. The molecule has 3 fully saturated rings. The molecule has 142 valence electrons. The topological polar surface area (TPSA) is 46.1 Å². The van der Waals surface area contributed by atoms with Crippen LogP contribution in [-0.4, -0.2) is 56.4 Å². The fourth-order valence-electron chi connectivity index (χ4n) is 5.03. The quantitative estimate of drug-likeness (QED) is 0.653. The minimum absolute atomic E-state index is 0.0977. The summed E-state index contributed by atoms with van der Waals surface area (Å²) in [6, 6.07) is 8.93. The summed E-state index contributed by atoms with van der Waals surface area (Å²) in [5.74, 6) is 1.60. The van der Waals surface area contributed by atoms with Gasteiger partial charge in [-0.1, -0.05) is 38.1 Å². The van der Waals surface area contributed by atoms with Crippen LogP contribution in [0.1, 0.15) is 37.5 Å². The summed E-state index contributed by atoms with van der Waals surface area (Å²) in [5, 5.41) is 3.76. The van der Waals surface area contributed by atoms with E-state index in [1.54, 1.807) is 0 Å². The fraction of sp³-hybridized carbons (Fsp3) is 0.667. The summed E-state index contributed by atoms with van der Waals surface area (Å²) in [5.41, 5.74) is 2.72. The van der Waals surface area contributed by atoms with Gasteiger partial charge in [-0.25, -0.2) is 0 Å². The van der Waals surface area contributed by atoms with Gasteiger partial charge < -0.3 is 19.7 Å². The van der Waals surface area contributed by atoms with E-state index in [4.69, 9.17) is 9.47 Å². The van der Waals surface area contributed by atoms with Gasteiger partial charge in [-0.3, -0.25) is 4.99 Å². The molecule has 4 atom stereocenters. The Morgan fingerprint density at radius 1 is 1.23 bits per heavy atom. The first-order valence-corrected chi connectivity index (χ1v) is 9.79. The molecule has 4 unspecified atom stereocenters. The first kappa shape index (κ1) is 17.8. The van der Waals surface area contributed by atoms with Crippen LogP contribution in [-0.2, 0) is 9.47 Å². The second kappa shape index (κ2) is 6.86. The van der Waals surface area contributed by atoms with E-state index in [2.05, 4.69) is 60.2 Å². The number of nitrogens with one attached hydrogen (secondary N) is 1. The number of morpholine rings is 1. The maximum atomic E-state index is 6.08. The third-order valence-electron chi connectivity index (χ3n) is 6.50. The van der Waals surface area contributed by atoms with Crippen LogP contribution in [0.3, 0.4) is 0 Å².